The van der Waals surface area contributed by atoms with Crippen LogP contribution < -0.4 is 0 Å². The maximum Gasteiger partial charge on any atom is 0.191 e. The molecule has 4 nitrogen and oxygen atoms in total. The monoisotopic (exact) mass is 363 g/mol. The molecule has 2 aromatic heterocycles. The molecular formula is C18H25N3OS2. The van der Waals surface area contributed by atoms with E-state index < -0.39 is 0 Å². The van der Waals surface area contributed by atoms with Gasteiger partial charge in [0.15, 0.2) is 5.16 Å². The van der Waals surface area contributed by atoms with E-state index in [-0.39, 0.29) is 5.78 Å². The number of carbonyl (C=O) groups is 1. The Morgan fingerprint density at radius 1 is 1.33 bits per heavy atom. The molecule has 0 saturated heterocycles. The van der Waals surface area contributed by atoms with Crippen molar-refractivity contribution < 1.29 is 4.79 Å². The second kappa shape index (κ2) is 8.81. The molecule has 1 fully saturated rings. The average Bonchev–Trinajstić information content (AvgIpc) is 3.23. The van der Waals surface area contributed by atoms with Crippen LogP contribution in [-0.4, -0.2) is 26.3 Å². The standard InChI is InChI=1S/C18H25N3OS2/c1-14(22)7-5-12-24-18-20-19-17(13-16-10-6-11-23-16)21(18)15-8-3-2-4-9-15/h6,10-11,15H,2-5,7-9,12-13H2,1H3. The summed E-state index contributed by atoms with van der Waals surface area (Å²) in [6.07, 6.45) is 8.86. The molecule has 24 heavy (non-hydrogen) atoms. The van der Waals surface area contributed by atoms with E-state index in [2.05, 4.69) is 32.3 Å². The van der Waals surface area contributed by atoms with E-state index in [0.717, 1.165) is 29.6 Å². The number of carbonyl (C=O) groups excluding carboxylic acids is 1. The van der Waals surface area contributed by atoms with Gasteiger partial charge in [-0.3, -0.25) is 0 Å². The van der Waals surface area contributed by atoms with Gasteiger partial charge in [0, 0.05) is 29.5 Å². The van der Waals surface area contributed by atoms with Crippen molar-refractivity contribution in [3.63, 3.8) is 0 Å². The van der Waals surface area contributed by atoms with E-state index in [1.165, 1.54) is 37.0 Å². The van der Waals surface area contributed by atoms with Crippen molar-refractivity contribution in [1.29, 1.82) is 0 Å². The summed E-state index contributed by atoms with van der Waals surface area (Å²) in [5.41, 5.74) is 0. The number of thioether (sulfide) groups is 1. The van der Waals surface area contributed by atoms with Gasteiger partial charge in [0.1, 0.15) is 11.6 Å². The molecule has 0 amide bonds. The minimum absolute atomic E-state index is 0.266. The predicted molar refractivity (Wildman–Crippen MR) is 99.9 cm³/mol. The van der Waals surface area contributed by atoms with Crippen molar-refractivity contribution in [3.8, 4) is 0 Å². The molecule has 0 radical (unpaired) electrons. The first-order valence-electron chi connectivity index (χ1n) is 8.82. The van der Waals surface area contributed by atoms with Crippen LogP contribution >= 0.6 is 23.1 Å². The lowest BCUT2D eigenvalue weighted by Crippen LogP contribution is -2.16. The van der Waals surface area contributed by atoms with Crippen molar-refractivity contribution >= 4 is 28.9 Å². The van der Waals surface area contributed by atoms with Crippen molar-refractivity contribution in [1.82, 2.24) is 14.8 Å². The number of Topliss-reactive ketones (excluding diaryl/α,β-unsaturated/α-hetero) is 1. The Kier molecular flexibility index (Phi) is 6.49. The summed E-state index contributed by atoms with van der Waals surface area (Å²) in [7, 11) is 0. The van der Waals surface area contributed by atoms with Crippen LogP contribution in [0.15, 0.2) is 22.7 Å². The van der Waals surface area contributed by atoms with E-state index in [1.807, 2.05) is 0 Å². The number of hydrogen-bond donors (Lipinski definition) is 0. The van der Waals surface area contributed by atoms with Crippen LogP contribution in [0, 0.1) is 0 Å². The lowest BCUT2D eigenvalue weighted by atomic mass is 9.95. The normalized spacial score (nSPS) is 15.7. The van der Waals surface area contributed by atoms with Crippen LogP contribution in [0.1, 0.15) is 68.6 Å². The zero-order valence-corrected chi connectivity index (χ0v) is 15.9. The van der Waals surface area contributed by atoms with Crippen molar-refractivity contribution in [2.75, 3.05) is 5.75 Å². The van der Waals surface area contributed by atoms with Gasteiger partial charge >= 0.3 is 0 Å². The molecule has 0 unspecified atom stereocenters. The first-order valence-corrected chi connectivity index (χ1v) is 10.7. The van der Waals surface area contributed by atoms with Crippen LogP contribution in [0.3, 0.4) is 0 Å². The highest BCUT2D eigenvalue weighted by atomic mass is 32.2. The van der Waals surface area contributed by atoms with E-state index in [1.54, 1.807) is 30.0 Å². The molecule has 0 bridgehead atoms. The van der Waals surface area contributed by atoms with Gasteiger partial charge in [-0.1, -0.05) is 37.1 Å². The summed E-state index contributed by atoms with van der Waals surface area (Å²) in [5, 5.41) is 12.2. The van der Waals surface area contributed by atoms with E-state index in [9.17, 15) is 4.79 Å². The number of hydrogen-bond acceptors (Lipinski definition) is 5. The summed E-state index contributed by atoms with van der Waals surface area (Å²) in [6.45, 7) is 1.66. The van der Waals surface area contributed by atoms with Gasteiger partial charge in [-0.25, -0.2) is 0 Å². The summed E-state index contributed by atoms with van der Waals surface area (Å²) in [5.74, 6) is 2.30. The molecule has 1 saturated carbocycles. The number of ketones is 1. The molecule has 3 rings (SSSR count). The quantitative estimate of drug-likeness (QED) is 0.494. The molecule has 0 aromatic carbocycles. The highest BCUT2D eigenvalue weighted by Gasteiger charge is 2.23. The number of aromatic nitrogens is 3. The lowest BCUT2D eigenvalue weighted by molar-refractivity contribution is -0.117. The molecule has 130 valence electrons. The Balaban J connectivity index is 1.74. The molecule has 0 spiro atoms. The molecule has 1 aliphatic rings. The minimum Gasteiger partial charge on any atom is -0.303 e. The van der Waals surface area contributed by atoms with Gasteiger partial charge in [-0.05, 0) is 37.6 Å². The highest BCUT2D eigenvalue weighted by molar-refractivity contribution is 7.99. The Bertz CT molecular complexity index is 645. The first-order chi connectivity index (χ1) is 11.7. The molecule has 0 aliphatic heterocycles. The fourth-order valence-electron chi connectivity index (χ4n) is 3.29. The predicted octanol–water partition coefficient (Wildman–Crippen LogP) is 4.90. The fraction of sp³-hybridized carbons (Fsp3) is 0.611. The van der Waals surface area contributed by atoms with Gasteiger partial charge in [-0.2, -0.15) is 0 Å². The summed E-state index contributed by atoms with van der Waals surface area (Å²) >= 11 is 3.54. The molecule has 0 atom stereocenters. The number of nitrogens with zero attached hydrogens (tertiary/aromatic N) is 3. The van der Waals surface area contributed by atoms with Gasteiger partial charge in [0.25, 0.3) is 0 Å². The van der Waals surface area contributed by atoms with Crippen LogP contribution in [-0.2, 0) is 11.2 Å². The topological polar surface area (TPSA) is 47.8 Å². The third-order valence-electron chi connectivity index (χ3n) is 4.49. The molecule has 2 aromatic rings. The average molecular weight is 364 g/mol. The van der Waals surface area contributed by atoms with E-state index in [0.29, 0.717) is 12.5 Å². The number of thiophene rings is 1. The molecular weight excluding hydrogens is 338 g/mol. The minimum atomic E-state index is 0.266. The SMILES string of the molecule is CC(=O)CCCSc1nnc(Cc2cccs2)n1C1CCCCC1. The van der Waals surface area contributed by atoms with Crippen molar-refractivity contribution in [2.24, 2.45) is 0 Å². The van der Waals surface area contributed by atoms with Gasteiger partial charge < -0.3 is 9.36 Å². The van der Waals surface area contributed by atoms with Crippen LogP contribution in [0.4, 0.5) is 0 Å². The van der Waals surface area contributed by atoms with Gasteiger partial charge in [0.05, 0.1) is 0 Å². The largest absolute Gasteiger partial charge is 0.303 e. The van der Waals surface area contributed by atoms with Crippen LogP contribution in [0.5, 0.6) is 0 Å². The van der Waals surface area contributed by atoms with Gasteiger partial charge in [0.2, 0.25) is 0 Å². The van der Waals surface area contributed by atoms with Crippen LogP contribution in [0.2, 0.25) is 0 Å². The highest BCUT2D eigenvalue weighted by Crippen LogP contribution is 2.33. The van der Waals surface area contributed by atoms with E-state index in [4.69, 9.17) is 0 Å². The Hall–Kier alpha value is -1.14. The Labute approximate surface area is 152 Å². The smallest absolute Gasteiger partial charge is 0.191 e. The molecule has 2 heterocycles. The summed E-state index contributed by atoms with van der Waals surface area (Å²) in [6, 6.07) is 4.81. The summed E-state index contributed by atoms with van der Waals surface area (Å²) < 4.78 is 2.40. The second-order valence-corrected chi connectivity index (χ2v) is 8.57. The number of rotatable bonds is 8. The Morgan fingerprint density at radius 3 is 2.88 bits per heavy atom. The Morgan fingerprint density at radius 2 is 2.17 bits per heavy atom. The molecule has 6 heteroatoms. The maximum absolute atomic E-state index is 11.1. The second-order valence-electron chi connectivity index (χ2n) is 6.47. The molecule has 0 N–H and O–H groups in total. The zero-order valence-electron chi connectivity index (χ0n) is 14.2. The third-order valence-corrected chi connectivity index (χ3v) is 6.40. The fourth-order valence-corrected chi connectivity index (χ4v) is 4.95. The summed E-state index contributed by atoms with van der Waals surface area (Å²) in [4.78, 5) is 12.5. The zero-order chi connectivity index (χ0) is 16.8. The third kappa shape index (κ3) is 4.70. The van der Waals surface area contributed by atoms with E-state index >= 15 is 0 Å². The van der Waals surface area contributed by atoms with Gasteiger partial charge in [-0.15, -0.1) is 21.5 Å². The first kappa shape index (κ1) is 17.7. The van der Waals surface area contributed by atoms with Crippen molar-refractivity contribution in [3.05, 3.63) is 28.2 Å². The van der Waals surface area contributed by atoms with Crippen molar-refractivity contribution in [2.45, 2.75) is 69.5 Å². The van der Waals surface area contributed by atoms with Crippen LogP contribution in [0.25, 0.3) is 0 Å². The maximum atomic E-state index is 11.1. The lowest BCUT2D eigenvalue weighted by Gasteiger charge is -2.25. The molecule has 1 aliphatic carbocycles.